The van der Waals surface area contributed by atoms with E-state index in [1.807, 2.05) is 18.5 Å². The fraction of sp³-hybridized carbons (Fsp3) is 0.462. The number of nitrogens with one attached hydrogen (secondary N) is 1. The minimum absolute atomic E-state index is 0.723. The van der Waals surface area contributed by atoms with E-state index in [9.17, 15) is 0 Å². The molecule has 0 saturated heterocycles. The number of nitrogens with zero attached hydrogens (tertiary/aromatic N) is 4. The van der Waals surface area contributed by atoms with Crippen molar-refractivity contribution in [2.45, 2.75) is 27.2 Å². The van der Waals surface area contributed by atoms with Crippen LogP contribution >= 0.6 is 0 Å². The van der Waals surface area contributed by atoms with Crippen molar-refractivity contribution in [2.24, 2.45) is 7.05 Å². The predicted molar refractivity (Wildman–Crippen MR) is 72.5 cm³/mol. The van der Waals surface area contributed by atoms with Gasteiger partial charge in [-0.2, -0.15) is 0 Å². The number of hydrogen-bond acceptors (Lipinski definition) is 4. The lowest BCUT2D eigenvalue weighted by Crippen LogP contribution is -2.08. The minimum Gasteiger partial charge on any atom is -0.370 e. The lowest BCUT2D eigenvalue weighted by molar-refractivity contribution is 0.899. The van der Waals surface area contributed by atoms with E-state index in [-0.39, 0.29) is 0 Å². The van der Waals surface area contributed by atoms with Crippen molar-refractivity contribution in [3.63, 3.8) is 0 Å². The molecule has 0 unspecified atom stereocenters. The van der Waals surface area contributed by atoms with E-state index in [0.29, 0.717) is 0 Å². The third-order valence-electron chi connectivity index (χ3n) is 2.96. The Morgan fingerprint density at radius 1 is 1.28 bits per heavy atom. The van der Waals surface area contributed by atoms with E-state index in [1.165, 1.54) is 5.56 Å². The van der Waals surface area contributed by atoms with E-state index in [2.05, 4.69) is 34.1 Å². The first-order chi connectivity index (χ1) is 8.67. The molecule has 2 aromatic heterocycles. The topological polar surface area (TPSA) is 55.6 Å². The number of hydrogen-bond donors (Lipinski definition) is 1. The van der Waals surface area contributed by atoms with Crippen LogP contribution < -0.4 is 5.32 Å². The minimum atomic E-state index is 0.723. The monoisotopic (exact) mass is 245 g/mol. The lowest BCUT2D eigenvalue weighted by atomic mass is 10.1. The summed E-state index contributed by atoms with van der Waals surface area (Å²) in [6.45, 7) is 7.08. The Hall–Kier alpha value is -1.91. The second-order valence-corrected chi connectivity index (χ2v) is 4.23. The van der Waals surface area contributed by atoms with E-state index in [0.717, 1.165) is 36.0 Å². The molecule has 0 fully saturated rings. The molecule has 5 nitrogen and oxygen atoms in total. The van der Waals surface area contributed by atoms with Crippen molar-refractivity contribution in [3.8, 4) is 11.5 Å². The summed E-state index contributed by atoms with van der Waals surface area (Å²) in [7, 11) is 1.95. The largest absolute Gasteiger partial charge is 0.370 e. The zero-order valence-corrected chi connectivity index (χ0v) is 11.4. The quantitative estimate of drug-likeness (QED) is 0.897. The van der Waals surface area contributed by atoms with Gasteiger partial charge in [0.25, 0.3) is 0 Å². The summed E-state index contributed by atoms with van der Waals surface area (Å²) in [5.41, 5.74) is 3.14. The first kappa shape index (κ1) is 12.5. The third-order valence-corrected chi connectivity index (χ3v) is 2.96. The van der Waals surface area contributed by atoms with Crippen molar-refractivity contribution in [3.05, 3.63) is 23.8 Å². The molecule has 0 spiro atoms. The molecular weight excluding hydrogens is 226 g/mol. The fourth-order valence-corrected chi connectivity index (χ4v) is 2.02. The summed E-state index contributed by atoms with van der Waals surface area (Å²) >= 11 is 0. The highest BCUT2D eigenvalue weighted by Crippen LogP contribution is 2.22. The van der Waals surface area contributed by atoms with Gasteiger partial charge in [0.1, 0.15) is 11.5 Å². The van der Waals surface area contributed by atoms with Gasteiger partial charge in [-0.05, 0) is 20.3 Å². The van der Waals surface area contributed by atoms with Crippen LogP contribution in [0.1, 0.15) is 25.1 Å². The van der Waals surface area contributed by atoms with Crippen molar-refractivity contribution >= 4 is 5.82 Å². The lowest BCUT2D eigenvalue weighted by Gasteiger charge is -2.12. The Morgan fingerprint density at radius 2 is 2.06 bits per heavy atom. The smallest absolute Gasteiger partial charge is 0.180 e. The van der Waals surface area contributed by atoms with Gasteiger partial charge < -0.3 is 9.88 Å². The van der Waals surface area contributed by atoms with E-state index in [4.69, 9.17) is 0 Å². The van der Waals surface area contributed by atoms with Crippen molar-refractivity contribution in [1.82, 2.24) is 19.5 Å². The van der Waals surface area contributed by atoms with Gasteiger partial charge in [0.2, 0.25) is 0 Å². The van der Waals surface area contributed by atoms with Crippen LogP contribution in [0.3, 0.4) is 0 Å². The molecule has 1 N–H and O–H groups in total. The number of rotatable bonds is 4. The second-order valence-electron chi connectivity index (χ2n) is 4.23. The first-order valence-corrected chi connectivity index (χ1v) is 6.25. The molecule has 0 aliphatic carbocycles. The maximum absolute atomic E-state index is 4.61. The Balaban J connectivity index is 2.54. The maximum Gasteiger partial charge on any atom is 0.180 e. The molecule has 5 heteroatoms. The van der Waals surface area contributed by atoms with Gasteiger partial charge in [0.15, 0.2) is 5.82 Å². The van der Waals surface area contributed by atoms with Gasteiger partial charge in [-0.3, -0.25) is 0 Å². The van der Waals surface area contributed by atoms with Crippen LogP contribution in [0.5, 0.6) is 0 Å². The average molecular weight is 245 g/mol. The van der Waals surface area contributed by atoms with Gasteiger partial charge in [0.05, 0.1) is 12.5 Å². The third kappa shape index (κ3) is 2.20. The van der Waals surface area contributed by atoms with Gasteiger partial charge in [-0.25, -0.2) is 15.0 Å². The maximum atomic E-state index is 4.61. The molecule has 2 aromatic rings. The normalized spacial score (nSPS) is 10.7. The van der Waals surface area contributed by atoms with Gasteiger partial charge in [-0.1, -0.05) is 6.92 Å². The molecular formula is C13H19N5. The fourth-order valence-electron chi connectivity index (χ4n) is 2.02. The summed E-state index contributed by atoms with van der Waals surface area (Å²) in [5, 5.41) is 3.31. The van der Waals surface area contributed by atoms with Crippen LogP contribution in [0.2, 0.25) is 0 Å². The SMILES string of the molecule is CCNc1nc(-c2cncn2C)nc(C)c1CC. The highest BCUT2D eigenvalue weighted by atomic mass is 15.1. The van der Waals surface area contributed by atoms with Gasteiger partial charge in [0, 0.05) is 24.8 Å². The van der Waals surface area contributed by atoms with Crippen LogP contribution in [0.25, 0.3) is 11.5 Å². The van der Waals surface area contributed by atoms with Crippen molar-refractivity contribution < 1.29 is 0 Å². The summed E-state index contributed by atoms with van der Waals surface area (Å²) in [6.07, 6.45) is 4.48. The molecule has 0 atom stereocenters. The Labute approximate surface area is 107 Å². The molecule has 0 aliphatic rings. The molecule has 2 heterocycles. The van der Waals surface area contributed by atoms with Crippen molar-refractivity contribution in [2.75, 3.05) is 11.9 Å². The summed E-state index contributed by atoms with van der Waals surface area (Å²) < 4.78 is 1.93. The standard InChI is InChI=1S/C13H19N5/c1-5-10-9(3)16-13(17-12(10)15-6-2)11-7-14-8-18(11)4/h7-8H,5-6H2,1-4H3,(H,15,16,17). The average Bonchev–Trinajstić information content (AvgIpc) is 2.75. The van der Waals surface area contributed by atoms with Gasteiger partial charge >= 0.3 is 0 Å². The summed E-state index contributed by atoms with van der Waals surface area (Å²) in [6, 6.07) is 0. The van der Waals surface area contributed by atoms with Gasteiger partial charge in [-0.15, -0.1) is 0 Å². The number of aromatic nitrogens is 4. The van der Waals surface area contributed by atoms with Crippen LogP contribution in [0.4, 0.5) is 5.82 Å². The number of aryl methyl sites for hydroxylation is 2. The molecule has 96 valence electrons. The highest BCUT2D eigenvalue weighted by molar-refractivity contribution is 5.56. The van der Waals surface area contributed by atoms with E-state index < -0.39 is 0 Å². The molecule has 0 bridgehead atoms. The van der Waals surface area contributed by atoms with Crippen molar-refractivity contribution in [1.29, 1.82) is 0 Å². The Bertz CT molecular complexity index is 544. The molecule has 2 rings (SSSR count). The highest BCUT2D eigenvalue weighted by Gasteiger charge is 2.12. The number of imidazole rings is 1. The number of anilines is 1. The summed E-state index contributed by atoms with van der Waals surface area (Å²) in [4.78, 5) is 13.3. The second kappa shape index (κ2) is 5.16. The predicted octanol–water partition coefficient (Wildman–Crippen LogP) is 2.18. The zero-order valence-electron chi connectivity index (χ0n) is 11.4. The van der Waals surface area contributed by atoms with E-state index >= 15 is 0 Å². The van der Waals surface area contributed by atoms with E-state index in [1.54, 1.807) is 12.5 Å². The molecule has 18 heavy (non-hydrogen) atoms. The van der Waals surface area contributed by atoms with Crippen LogP contribution in [0.15, 0.2) is 12.5 Å². The van der Waals surface area contributed by atoms with Crippen LogP contribution in [0, 0.1) is 6.92 Å². The zero-order chi connectivity index (χ0) is 13.1. The summed E-state index contributed by atoms with van der Waals surface area (Å²) in [5.74, 6) is 1.66. The Morgan fingerprint density at radius 3 is 2.61 bits per heavy atom. The molecule has 0 radical (unpaired) electrons. The molecule has 0 saturated carbocycles. The molecule has 0 aromatic carbocycles. The Kier molecular flexibility index (Phi) is 3.60. The molecule has 0 amide bonds. The van der Waals surface area contributed by atoms with Crippen LogP contribution in [-0.2, 0) is 13.5 Å². The van der Waals surface area contributed by atoms with Crippen LogP contribution in [-0.4, -0.2) is 26.1 Å². The molecule has 0 aliphatic heterocycles. The first-order valence-electron chi connectivity index (χ1n) is 6.25.